The van der Waals surface area contributed by atoms with Crippen LogP contribution in [0.5, 0.6) is 5.75 Å². The second-order valence-electron chi connectivity index (χ2n) is 10.8. The molecule has 3 N–H and O–H groups in total. The third-order valence-electron chi connectivity index (χ3n) is 5.77. The smallest absolute Gasteiger partial charge is 0.124 e. The highest BCUT2D eigenvalue weighted by molar-refractivity contribution is 5.50. The highest BCUT2D eigenvalue weighted by Crippen LogP contribution is 2.46. The maximum absolute atomic E-state index is 11.4. The van der Waals surface area contributed by atoms with Crippen molar-refractivity contribution < 1.29 is 10.2 Å². The number of hydrogen-bond donors (Lipinski definition) is 3. The van der Waals surface area contributed by atoms with Crippen LogP contribution in [0.3, 0.4) is 0 Å². The summed E-state index contributed by atoms with van der Waals surface area (Å²) in [5.74, 6) is 0.389. The average Bonchev–Trinajstić information content (AvgIpc) is 2.55. The molecule has 0 spiro atoms. The van der Waals surface area contributed by atoms with Crippen LogP contribution in [-0.4, -0.2) is 47.9 Å². The van der Waals surface area contributed by atoms with Crippen molar-refractivity contribution in [2.24, 2.45) is 5.41 Å². The van der Waals surface area contributed by atoms with Gasteiger partial charge in [-0.15, -0.1) is 0 Å². The molecule has 0 radical (unpaired) electrons. The van der Waals surface area contributed by atoms with Crippen molar-refractivity contribution in [3.05, 3.63) is 28.8 Å². The Bertz CT molecular complexity index is 648. The van der Waals surface area contributed by atoms with E-state index in [1.54, 1.807) is 0 Å². The Labute approximate surface area is 166 Å². The Morgan fingerprint density at radius 3 is 1.96 bits per heavy atom. The quantitative estimate of drug-likeness (QED) is 0.745. The van der Waals surface area contributed by atoms with E-state index in [-0.39, 0.29) is 28.9 Å². The lowest BCUT2D eigenvalue weighted by atomic mass is 9.73. The van der Waals surface area contributed by atoms with E-state index in [4.69, 9.17) is 0 Å². The number of aliphatic hydroxyl groups excluding tert-OH is 1. The largest absolute Gasteiger partial charge is 0.507 e. The molecular formula is C23H40N2O2. The Kier molecular flexibility index (Phi) is 6.35. The number of aliphatic hydroxyl groups is 1. The molecule has 1 heterocycles. The number of phenols is 1. The summed E-state index contributed by atoms with van der Waals surface area (Å²) in [6.45, 7) is 21.1. The van der Waals surface area contributed by atoms with Gasteiger partial charge in [0.2, 0.25) is 0 Å². The molecule has 154 valence electrons. The van der Waals surface area contributed by atoms with Gasteiger partial charge in [-0.1, -0.05) is 61.5 Å². The first-order valence-electron chi connectivity index (χ1n) is 10.2. The molecule has 4 heteroatoms. The monoisotopic (exact) mass is 376 g/mol. The van der Waals surface area contributed by atoms with Crippen LogP contribution in [0.4, 0.5) is 0 Å². The van der Waals surface area contributed by atoms with Gasteiger partial charge in [-0.25, -0.2) is 0 Å². The lowest BCUT2D eigenvalue weighted by Gasteiger charge is -2.44. The first kappa shape index (κ1) is 22.2. The molecule has 0 saturated carbocycles. The molecule has 0 bridgehead atoms. The zero-order valence-corrected chi connectivity index (χ0v) is 18.6. The van der Waals surface area contributed by atoms with Crippen LogP contribution in [0.1, 0.15) is 78.1 Å². The van der Waals surface area contributed by atoms with E-state index in [0.717, 1.165) is 37.3 Å². The lowest BCUT2D eigenvalue weighted by Crippen LogP contribution is -2.49. The van der Waals surface area contributed by atoms with Gasteiger partial charge in [0.05, 0.1) is 0 Å². The number of nitrogens with one attached hydrogen (secondary N) is 1. The SMILES string of the molecule is CC(C)(C)c1cc([C@@H](N2CCNCC2)C(C)(C)CO)c(O)c(C(C)(C)C)c1. The summed E-state index contributed by atoms with van der Waals surface area (Å²) in [5, 5.41) is 24.9. The standard InChI is InChI=1S/C23H40N2O2/c1-21(2,3)16-13-17(19(27)18(14-16)22(4,5)6)20(23(7,8)15-26)25-11-9-24-10-12-25/h13-14,20,24,26-27H,9-12,15H2,1-8H3/t20-/m1/s1. The van der Waals surface area contributed by atoms with Gasteiger partial charge in [0.1, 0.15) is 5.75 Å². The maximum atomic E-state index is 11.4. The maximum Gasteiger partial charge on any atom is 0.124 e. The van der Waals surface area contributed by atoms with Gasteiger partial charge in [-0.05, 0) is 28.0 Å². The molecule has 0 aromatic heterocycles. The summed E-state index contributed by atoms with van der Waals surface area (Å²) in [6.07, 6.45) is 0. The summed E-state index contributed by atoms with van der Waals surface area (Å²) in [7, 11) is 0. The molecule has 1 saturated heterocycles. The third kappa shape index (κ3) is 4.85. The molecule has 27 heavy (non-hydrogen) atoms. The van der Waals surface area contributed by atoms with Crippen LogP contribution in [0.2, 0.25) is 0 Å². The second-order valence-corrected chi connectivity index (χ2v) is 10.8. The van der Waals surface area contributed by atoms with Crippen molar-refractivity contribution in [3.8, 4) is 5.75 Å². The minimum atomic E-state index is -0.361. The second kappa shape index (κ2) is 7.73. The average molecular weight is 377 g/mol. The minimum Gasteiger partial charge on any atom is -0.507 e. The van der Waals surface area contributed by atoms with Crippen LogP contribution in [0.15, 0.2) is 12.1 Å². The van der Waals surface area contributed by atoms with E-state index in [1.807, 2.05) is 0 Å². The molecule has 0 unspecified atom stereocenters. The van der Waals surface area contributed by atoms with Crippen molar-refractivity contribution in [3.63, 3.8) is 0 Å². The molecule has 1 fully saturated rings. The Morgan fingerprint density at radius 2 is 1.52 bits per heavy atom. The van der Waals surface area contributed by atoms with Gasteiger partial charge < -0.3 is 15.5 Å². The number of hydrogen-bond acceptors (Lipinski definition) is 4. The third-order valence-corrected chi connectivity index (χ3v) is 5.77. The number of benzene rings is 1. The molecule has 1 aromatic carbocycles. The molecule has 1 aromatic rings. The topological polar surface area (TPSA) is 55.7 Å². The van der Waals surface area contributed by atoms with Crippen molar-refractivity contribution in [2.45, 2.75) is 72.3 Å². The first-order chi connectivity index (χ1) is 12.3. The highest BCUT2D eigenvalue weighted by atomic mass is 16.3. The van der Waals surface area contributed by atoms with E-state index in [1.165, 1.54) is 5.56 Å². The van der Waals surface area contributed by atoms with Gasteiger partial charge >= 0.3 is 0 Å². The summed E-state index contributed by atoms with van der Waals surface area (Å²) >= 11 is 0. The lowest BCUT2D eigenvalue weighted by molar-refractivity contribution is 0.0291. The van der Waals surface area contributed by atoms with E-state index in [0.29, 0.717) is 5.75 Å². The number of aromatic hydroxyl groups is 1. The van der Waals surface area contributed by atoms with Crippen LogP contribution < -0.4 is 5.32 Å². The molecule has 4 nitrogen and oxygen atoms in total. The summed E-state index contributed by atoms with van der Waals surface area (Å²) < 4.78 is 0. The number of phenolic OH excluding ortho intramolecular Hbond substituents is 1. The van der Waals surface area contributed by atoms with Crippen LogP contribution >= 0.6 is 0 Å². The van der Waals surface area contributed by atoms with Crippen molar-refractivity contribution in [1.82, 2.24) is 10.2 Å². The number of nitrogens with zero attached hydrogens (tertiary/aromatic N) is 1. The molecule has 1 atom stereocenters. The van der Waals surface area contributed by atoms with Gasteiger partial charge in [0, 0.05) is 49.8 Å². The first-order valence-corrected chi connectivity index (χ1v) is 10.2. The van der Waals surface area contributed by atoms with Gasteiger partial charge in [-0.3, -0.25) is 4.90 Å². The van der Waals surface area contributed by atoms with E-state index < -0.39 is 0 Å². The van der Waals surface area contributed by atoms with E-state index in [9.17, 15) is 10.2 Å². The summed E-state index contributed by atoms with van der Waals surface area (Å²) in [6, 6.07) is 4.31. The molecule has 2 rings (SSSR count). The van der Waals surface area contributed by atoms with Crippen LogP contribution in [0.25, 0.3) is 0 Å². The fraction of sp³-hybridized carbons (Fsp3) is 0.739. The zero-order valence-electron chi connectivity index (χ0n) is 18.6. The van der Waals surface area contributed by atoms with Crippen molar-refractivity contribution in [1.29, 1.82) is 0 Å². The zero-order chi connectivity index (χ0) is 20.6. The predicted octanol–water partition coefficient (Wildman–Crippen LogP) is 3.95. The highest BCUT2D eigenvalue weighted by Gasteiger charge is 2.39. The number of rotatable bonds is 4. The number of piperazine rings is 1. The van der Waals surface area contributed by atoms with Crippen LogP contribution in [0, 0.1) is 5.41 Å². The normalized spacial score (nSPS) is 18.6. The Hall–Kier alpha value is -1.10. The van der Waals surface area contributed by atoms with Crippen molar-refractivity contribution >= 4 is 0 Å². The van der Waals surface area contributed by atoms with Crippen molar-refractivity contribution in [2.75, 3.05) is 32.8 Å². The molecule has 1 aliphatic rings. The summed E-state index contributed by atoms with van der Waals surface area (Å²) in [5.41, 5.74) is 2.64. The molecule has 0 amide bonds. The van der Waals surface area contributed by atoms with Crippen LogP contribution in [-0.2, 0) is 10.8 Å². The fourth-order valence-corrected chi connectivity index (χ4v) is 4.01. The molecular weight excluding hydrogens is 336 g/mol. The van der Waals surface area contributed by atoms with Gasteiger partial charge in [0.25, 0.3) is 0 Å². The molecule has 0 aliphatic carbocycles. The van der Waals surface area contributed by atoms with E-state index in [2.05, 4.69) is 77.7 Å². The molecule has 1 aliphatic heterocycles. The van der Waals surface area contributed by atoms with E-state index >= 15 is 0 Å². The summed E-state index contributed by atoms with van der Waals surface area (Å²) in [4.78, 5) is 2.42. The Balaban J connectivity index is 2.73. The fourth-order valence-electron chi connectivity index (χ4n) is 4.01. The van der Waals surface area contributed by atoms with Gasteiger partial charge in [0.15, 0.2) is 0 Å². The minimum absolute atomic E-state index is 0.0141. The Morgan fingerprint density at radius 1 is 0.963 bits per heavy atom. The van der Waals surface area contributed by atoms with Gasteiger partial charge in [-0.2, -0.15) is 0 Å². The predicted molar refractivity (Wildman–Crippen MR) is 114 cm³/mol.